The third-order valence-electron chi connectivity index (χ3n) is 4.19. The van der Waals surface area contributed by atoms with Crippen LogP contribution in [-0.4, -0.2) is 28.6 Å². The first-order chi connectivity index (χ1) is 10.9. The molecule has 3 rings (SSSR count). The van der Waals surface area contributed by atoms with Gasteiger partial charge in [-0.15, -0.1) is 0 Å². The number of nitrogens with one attached hydrogen (secondary N) is 1. The first-order valence-electron chi connectivity index (χ1n) is 7.45. The van der Waals surface area contributed by atoms with Crippen molar-refractivity contribution in [3.05, 3.63) is 47.5 Å². The molecule has 2 aromatic carbocycles. The fraction of sp³-hybridized carbons (Fsp3) is 0.294. The molecule has 5 nitrogen and oxygen atoms in total. The minimum absolute atomic E-state index is 0.231. The molecule has 1 N–H and O–H groups in total. The van der Waals surface area contributed by atoms with Gasteiger partial charge in [0.05, 0.1) is 22.8 Å². The molecule has 122 valence electrons. The van der Waals surface area contributed by atoms with E-state index < -0.39 is 10.0 Å². The molecular formula is C17H20N2O3S. The second-order valence-corrected chi connectivity index (χ2v) is 7.43. The summed E-state index contributed by atoms with van der Waals surface area (Å²) in [5, 5.41) is 0. The molecule has 0 saturated heterocycles. The van der Waals surface area contributed by atoms with Crippen molar-refractivity contribution >= 4 is 21.4 Å². The van der Waals surface area contributed by atoms with Crippen LogP contribution in [0.15, 0.2) is 41.3 Å². The Bertz CT molecular complexity index is 847. The average Bonchev–Trinajstić information content (AvgIpc) is 2.52. The SMILES string of the molecule is Cc1cccc(NS(=O)(=O)c2ccc3c(c2)N(C)CCO3)c1C. The van der Waals surface area contributed by atoms with E-state index in [1.165, 1.54) is 0 Å². The van der Waals surface area contributed by atoms with Gasteiger partial charge in [0.2, 0.25) is 0 Å². The topological polar surface area (TPSA) is 58.6 Å². The summed E-state index contributed by atoms with van der Waals surface area (Å²) in [6, 6.07) is 10.5. The predicted molar refractivity (Wildman–Crippen MR) is 91.9 cm³/mol. The van der Waals surface area contributed by atoms with E-state index in [4.69, 9.17) is 4.74 Å². The van der Waals surface area contributed by atoms with Crippen molar-refractivity contribution in [2.24, 2.45) is 0 Å². The maximum Gasteiger partial charge on any atom is 0.261 e. The maximum absolute atomic E-state index is 12.7. The third-order valence-corrected chi connectivity index (χ3v) is 5.55. The summed E-state index contributed by atoms with van der Waals surface area (Å²) in [6.45, 7) is 5.21. The van der Waals surface area contributed by atoms with Gasteiger partial charge in [0.25, 0.3) is 10.0 Å². The van der Waals surface area contributed by atoms with Gasteiger partial charge >= 0.3 is 0 Å². The molecule has 0 atom stereocenters. The van der Waals surface area contributed by atoms with Gasteiger partial charge < -0.3 is 9.64 Å². The fourth-order valence-electron chi connectivity index (χ4n) is 2.56. The molecule has 0 bridgehead atoms. The monoisotopic (exact) mass is 332 g/mol. The second kappa shape index (κ2) is 5.77. The van der Waals surface area contributed by atoms with Crippen molar-refractivity contribution in [2.75, 3.05) is 29.8 Å². The zero-order chi connectivity index (χ0) is 16.6. The lowest BCUT2D eigenvalue weighted by atomic mass is 10.1. The van der Waals surface area contributed by atoms with Crippen molar-refractivity contribution < 1.29 is 13.2 Å². The number of hydrogen-bond acceptors (Lipinski definition) is 4. The molecule has 0 amide bonds. The second-order valence-electron chi connectivity index (χ2n) is 5.75. The summed E-state index contributed by atoms with van der Waals surface area (Å²) in [5.74, 6) is 0.712. The Morgan fingerprint density at radius 2 is 1.96 bits per heavy atom. The molecule has 0 radical (unpaired) electrons. The molecule has 0 fully saturated rings. The van der Waals surface area contributed by atoms with E-state index in [-0.39, 0.29) is 4.90 Å². The highest BCUT2D eigenvalue weighted by Gasteiger charge is 2.21. The summed E-state index contributed by atoms with van der Waals surface area (Å²) >= 11 is 0. The number of nitrogens with zero attached hydrogens (tertiary/aromatic N) is 1. The van der Waals surface area contributed by atoms with Crippen LogP contribution in [0.25, 0.3) is 0 Å². The van der Waals surface area contributed by atoms with Gasteiger partial charge in [-0.1, -0.05) is 12.1 Å². The van der Waals surface area contributed by atoms with Crippen molar-refractivity contribution in [3.63, 3.8) is 0 Å². The first-order valence-corrected chi connectivity index (χ1v) is 8.94. The Kier molecular flexibility index (Phi) is 3.93. The zero-order valence-electron chi connectivity index (χ0n) is 13.5. The molecule has 0 aliphatic carbocycles. The van der Waals surface area contributed by atoms with E-state index in [0.29, 0.717) is 18.0 Å². The molecule has 1 aliphatic rings. The van der Waals surface area contributed by atoms with Crippen LogP contribution in [0.5, 0.6) is 5.75 Å². The van der Waals surface area contributed by atoms with Crippen LogP contribution in [0, 0.1) is 13.8 Å². The largest absolute Gasteiger partial charge is 0.490 e. The van der Waals surface area contributed by atoms with Gasteiger partial charge in [-0.2, -0.15) is 0 Å². The number of hydrogen-bond donors (Lipinski definition) is 1. The molecule has 1 aliphatic heterocycles. The van der Waals surface area contributed by atoms with Gasteiger partial charge in [0.1, 0.15) is 12.4 Å². The highest BCUT2D eigenvalue weighted by molar-refractivity contribution is 7.92. The van der Waals surface area contributed by atoms with Gasteiger partial charge in [0.15, 0.2) is 0 Å². The van der Waals surface area contributed by atoms with Crippen LogP contribution >= 0.6 is 0 Å². The number of benzene rings is 2. The van der Waals surface area contributed by atoms with Gasteiger partial charge in [0, 0.05) is 7.05 Å². The molecule has 0 spiro atoms. The van der Waals surface area contributed by atoms with Gasteiger partial charge in [-0.05, 0) is 49.2 Å². The molecule has 6 heteroatoms. The molecule has 1 heterocycles. The van der Waals surface area contributed by atoms with Crippen molar-refractivity contribution in [2.45, 2.75) is 18.7 Å². The Morgan fingerprint density at radius 1 is 1.17 bits per heavy atom. The lowest BCUT2D eigenvalue weighted by molar-refractivity contribution is 0.311. The lowest BCUT2D eigenvalue weighted by Crippen LogP contribution is -2.29. The summed E-state index contributed by atoms with van der Waals surface area (Å²) in [7, 11) is -1.72. The Balaban J connectivity index is 1.97. The average molecular weight is 332 g/mol. The van der Waals surface area contributed by atoms with E-state index in [1.807, 2.05) is 37.9 Å². The Hall–Kier alpha value is -2.21. The number of fused-ring (bicyclic) bond motifs is 1. The first kappa shape index (κ1) is 15.7. The smallest absolute Gasteiger partial charge is 0.261 e. The molecule has 0 aromatic heterocycles. The zero-order valence-corrected chi connectivity index (χ0v) is 14.3. The quantitative estimate of drug-likeness (QED) is 0.939. The highest BCUT2D eigenvalue weighted by Crippen LogP contribution is 2.33. The molecule has 0 unspecified atom stereocenters. The summed E-state index contributed by atoms with van der Waals surface area (Å²) in [4.78, 5) is 2.23. The summed E-state index contributed by atoms with van der Waals surface area (Å²) in [6.07, 6.45) is 0. The van der Waals surface area contributed by atoms with Crippen molar-refractivity contribution in [3.8, 4) is 5.75 Å². The van der Waals surface area contributed by atoms with Crippen molar-refractivity contribution in [1.82, 2.24) is 0 Å². The lowest BCUT2D eigenvalue weighted by Gasteiger charge is -2.28. The van der Waals surface area contributed by atoms with E-state index in [0.717, 1.165) is 23.4 Å². The number of ether oxygens (including phenoxy) is 1. The van der Waals surface area contributed by atoms with Crippen molar-refractivity contribution in [1.29, 1.82) is 0 Å². The normalized spacial score (nSPS) is 14.1. The van der Waals surface area contributed by atoms with Crippen LogP contribution < -0.4 is 14.4 Å². The number of sulfonamides is 1. The predicted octanol–water partition coefficient (Wildman–Crippen LogP) is 2.93. The third kappa shape index (κ3) is 2.99. The van der Waals surface area contributed by atoms with Gasteiger partial charge in [-0.3, -0.25) is 4.72 Å². The van der Waals surface area contributed by atoms with E-state index in [9.17, 15) is 8.42 Å². The molecule has 2 aromatic rings. The number of rotatable bonds is 3. The standard InChI is InChI=1S/C17H20N2O3S/c1-12-5-4-6-15(13(12)2)18-23(20,21)14-7-8-17-16(11-14)19(3)9-10-22-17/h4-8,11,18H,9-10H2,1-3H3. The summed E-state index contributed by atoms with van der Waals surface area (Å²) < 4.78 is 33.6. The summed E-state index contributed by atoms with van der Waals surface area (Å²) in [5.41, 5.74) is 3.37. The number of aryl methyl sites for hydroxylation is 1. The van der Waals surface area contributed by atoms with E-state index in [1.54, 1.807) is 24.3 Å². The maximum atomic E-state index is 12.7. The van der Waals surface area contributed by atoms with E-state index in [2.05, 4.69) is 4.72 Å². The molecule has 23 heavy (non-hydrogen) atoms. The van der Waals surface area contributed by atoms with Crippen LogP contribution in [0.3, 0.4) is 0 Å². The van der Waals surface area contributed by atoms with Crippen LogP contribution in [0.1, 0.15) is 11.1 Å². The van der Waals surface area contributed by atoms with Crippen LogP contribution in [0.2, 0.25) is 0 Å². The number of likely N-dealkylation sites (N-methyl/N-ethyl adjacent to an activating group) is 1. The Morgan fingerprint density at radius 3 is 2.74 bits per heavy atom. The minimum atomic E-state index is -3.64. The highest BCUT2D eigenvalue weighted by atomic mass is 32.2. The van der Waals surface area contributed by atoms with Gasteiger partial charge in [-0.25, -0.2) is 8.42 Å². The minimum Gasteiger partial charge on any atom is -0.490 e. The fourth-order valence-corrected chi connectivity index (χ4v) is 3.71. The van der Waals surface area contributed by atoms with Crippen LogP contribution in [0.4, 0.5) is 11.4 Å². The van der Waals surface area contributed by atoms with Crippen LogP contribution in [-0.2, 0) is 10.0 Å². The van der Waals surface area contributed by atoms with E-state index >= 15 is 0 Å². The Labute approximate surface area is 136 Å². The number of anilines is 2. The molecule has 0 saturated carbocycles. The molecular weight excluding hydrogens is 312 g/mol.